The van der Waals surface area contributed by atoms with Gasteiger partial charge in [0.05, 0.1) is 22.4 Å². The number of hydrogen-bond acceptors (Lipinski definition) is 1. The van der Waals surface area contributed by atoms with Gasteiger partial charge in [0.2, 0.25) is 0 Å². The van der Waals surface area contributed by atoms with Crippen LogP contribution < -0.4 is 4.90 Å². The van der Waals surface area contributed by atoms with Crippen molar-refractivity contribution < 1.29 is 0 Å². The summed E-state index contributed by atoms with van der Waals surface area (Å²) in [6.45, 7) is 0. The summed E-state index contributed by atoms with van der Waals surface area (Å²) in [5.41, 5.74) is 18.3. The Morgan fingerprint density at radius 2 is 0.983 bits per heavy atom. The second-order valence-electron chi connectivity index (χ2n) is 18.1. The molecule has 0 saturated heterocycles. The largest absolute Gasteiger partial charge is 0.309 e. The van der Waals surface area contributed by atoms with Crippen molar-refractivity contribution in [3.05, 3.63) is 205 Å². The molecule has 0 amide bonds. The van der Waals surface area contributed by atoms with Crippen molar-refractivity contribution in [1.29, 1.82) is 0 Å². The molecule has 0 atom stereocenters. The van der Waals surface area contributed by atoms with Crippen molar-refractivity contribution >= 4 is 38.9 Å². The van der Waals surface area contributed by atoms with E-state index in [4.69, 9.17) is 0 Å². The molecule has 0 unspecified atom stereocenters. The molecule has 9 aromatic rings. The summed E-state index contributed by atoms with van der Waals surface area (Å²) in [7, 11) is 0. The molecule has 4 bridgehead atoms. The van der Waals surface area contributed by atoms with Gasteiger partial charge in [-0.15, -0.1) is 0 Å². The highest BCUT2D eigenvalue weighted by Crippen LogP contribution is 2.70. The molecule has 60 heavy (non-hydrogen) atoms. The van der Waals surface area contributed by atoms with Crippen LogP contribution in [0.4, 0.5) is 17.1 Å². The van der Waals surface area contributed by atoms with Crippen LogP contribution in [0.5, 0.6) is 0 Å². The van der Waals surface area contributed by atoms with Crippen LogP contribution in [0.1, 0.15) is 43.2 Å². The minimum atomic E-state index is 0.102. The highest BCUT2D eigenvalue weighted by atomic mass is 15.1. The Morgan fingerprint density at radius 3 is 1.72 bits per heavy atom. The van der Waals surface area contributed by atoms with Gasteiger partial charge in [-0.25, -0.2) is 0 Å². The van der Waals surface area contributed by atoms with Crippen molar-refractivity contribution in [3.8, 4) is 39.1 Å². The lowest BCUT2D eigenvalue weighted by atomic mass is 9.43. The Balaban J connectivity index is 0.980. The third-order valence-electron chi connectivity index (χ3n) is 15.2. The summed E-state index contributed by atoms with van der Waals surface area (Å²) in [6.07, 6.45) is 6.98. The summed E-state index contributed by atoms with van der Waals surface area (Å²) >= 11 is 0. The predicted octanol–water partition coefficient (Wildman–Crippen LogP) is 15.3. The molecule has 8 aromatic carbocycles. The van der Waals surface area contributed by atoms with E-state index in [0.29, 0.717) is 11.8 Å². The molecule has 1 spiro atoms. The Labute approximate surface area is 352 Å². The summed E-state index contributed by atoms with van der Waals surface area (Å²) in [4.78, 5) is 2.57. The Kier molecular flexibility index (Phi) is 7.52. The lowest BCUT2D eigenvalue weighted by Crippen LogP contribution is -2.55. The van der Waals surface area contributed by atoms with Gasteiger partial charge in [-0.05, 0) is 138 Å². The van der Waals surface area contributed by atoms with Crippen molar-refractivity contribution in [1.82, 2.24) is 4.57 Å². The van der Waals surface area contributed by atoms with Crippen LogP contribution in [0, 0.1) is 23.7 Å². The zero-order chi connectivity index (χ0) is 39.4. The third-order valence-corrected chi connectivity index (χ3v) is 15.2. The number of hydrogen-bond donors (Lipinski definition) is 0. The van der Waals surface area contributed by atoms with E-state index in [1.54, 1.807) is 11.1 Å². The van der Waals surface area contributed by atoms with E-state index in [-0.39, 0.29) is 5.41 Å². The van der Waals surface area contributed by atoms with E-state index in [1.807, 2.05) is 0 Å². The maximum atomic E-state index is 2.57. The minimum Gasteiger partial charge on any atom is -0.309 e. The average Bonchev–Trinajstić information content (AvgIpc) is 3.80. The number of rotatable bonds is 6. The third kappa shape index (κ3) is 4.88. The van der Waals surface area contributed by atoms with Gasteiger partial charge in [-0.2, -0.15) is 0 Å². The zero-order valence-electron chi connectivity index (χ0n) is 33.7. The van der Waals surface area contributed by atoms with Gasteiger partial charge in [-0.3, -0.25) is 0 Å². The van der Waals surface area contributed by atoms with Crippen LogP contribution in [0.15, 0.2) is 194 Å². The van der Waals surface area contributed by atoms with Crippen LogP contribution in [-0.2, 0) is 5.41 Å². The number of nitrogens with zero attached hydrogens (tertiary/aromatic N) is 2. The van der Waals surface area contributed by atoms with Crippen LogP contribution in [0.3, 0.4) is 0 Å². The molecule has 1 aromatic heterocycles. The second-order valence-corrected chi connectivity index (χ2v) is 18.1. The molecule has 1 heterocycles. The van der Waals surface area contributed by atoms with Crippen molar-refractivity contribution in [2.24, 2.45) is 23.7 Å². The quantitative estimate of drug-likeness (QED) is 0.163. The highest BCUT2D eigenvalue weighted by Gasteiger charge is 2.61. The molecule has 4 saturated carbocycles. The highest BCUT2D eigenvalue weighted by molar-refractivity contribution is 6.09. The van der Waals surface area contributed by atoms with E-state index >= 15 is 0 Å². The summed E-state index contributed by atoms with van der Waals surface area (Å²) in [5, 5.41) is 2.56. The molecule has 2 nitrogen and oxygen atoms in total. The molecule has 4 fully saturated rings. The number of benzene rings is 8. The average molecular weight is 771 g/mol. The van der Waals surface area contributed by atoms with Crippen LogP contribution >= 0.6 is 0 Å². The molecule has 14 rings (SSSR count). The smallest absolute Gasteiger partial charge is 0.0543 e. The first-order valence-electron chi connectivity index (χ1n) is 22.1. The lowest BCUT2D eigenvalue weighted by Gasteiger charge is -2.61. The zero-order valence-corrected chi connectivity index (χ0v) is 33.7. The number of fused-ring (bicyclic) bond motifs is 6. The van der Waals surface area contributed by atoms with Gasteiger partial charge in [0.15, 0.2) is 0 Å². The van der Waals surface area contributed by atoms with Crippen LogP contribution in [-0.4, -0.2) is 4.57 Å². The van der Waals surface area contributed by atoms with Gasteiger partial charge in [0.1, 0.15) is 0 Å². The fourth-order valence-electron chi connectivity index (χ4n) is 13.1. The number of aromatic nitrogens is 1. The maximum Gasteiger partial charge on any atom is 0.0543 e. The van der Waals surface area contributed by atoms with Crippen LogP contribution in [0.25, 0.3) is 60.9 Å². The molecular formula is C58H46N2. The molecule has 288 valence electrons. The number of anilines is 3. The Bertz CT molecular complexity index is 3030. The topological polar surface area (TPSA) is 8.17 Å². The van der Waals surface area contributed by atoms with Crippen molar-refractivity contribution in [2.45, 2.75) is 37.5 Å². The molecule has 2 heteroatoms. The summed E-state index contributed by atoms with van der Waals surface area (Å²) in [5.74, 6) is 3.25. The van der Waals surface area contributed by atoms with E-state index in [1.165, 1.54) is 104 Å². The van der Waals surface area contributed by atoms with Gasteiger partial charge >= 0.3 is 0 Å². The van der Waals surface area contributed by atoms with Crippen molar-refractivity contribution in [3.63, 3.8) is 0 Å². The lowest BCUT2D eigenvalue weighted by molar-refractivity contribution is -0.0399. The fraction of sp³-hybridized carbons (Fsp3) is 0.172. The van der Waals surface area contributed by atoms with E-state index < -0.39 is 0 Å². The first-order valence-corrected chi connectivity index (χ1v) is 22.1. The predicted molar refractivity (Wildman–Crippen MR) is 250 cm³/mol. The van der Waals surface area contributed by atoms with Gasteiger partial charge in [-0.1, -0.05) is 146 Å². The van der Waals surface area contributed by atoms with Crippen LogP contribution in [0.2, 0.25) is 0 Å². The van der Waals surface area contributed by atoms with E-state index in [2.05, 4.69) is 204 Å². The standard InChI is InChI=1S/C58H46N2/c1-2-14-41(15-3-1)47-18-5-9-24-53(47)59(56-27-13-23-52-57(56)50-21-4-8-22-51(50)58(52)43-33-38-32-39(35-43)36-44(58)34-38)45-30-28-40(29-31-45)42-16-12-17-46(37-42)60-54-25-10-6-19-48(54)49-20-7-11-26-55(49)60/h1-31,37-39,43-44H,32-36H2. The molecular weight excluding hydrogens is 725 g/mol. The first-order chi connectivity index (χ1) is 29.7. The van der Waals surface area contributed by atoms with Gasteiger partial charge in [0, 0.05) is 38.7 Å². The molecule has 0 aliphatic heterocycles. The second kappa shape index (κ2) is 13.2. The SMILES string of the molecule is c1ccc(-c2ccccc2N(c2ccc(-c3cccc(-n4c5ccccc5c5ccccc54)c3)cc2)c2cccc3c2-c2ccccc2C32C3CC4CC(C3)CC2C4)cc1. The minimum absolute atomic E-state index is 0.102. The Morgan fingerprint density at radius 1 is 0.417 bits per heavy atom. The summed E-state index contributed by atoms with van der Waals surface area (Å²) < 4.78 is 2.41. The normalized spacial score (nSPS) is 22.1. The van der Waals surface area contributed by atoms with E-state index in [9.17, 15) is 0 Å². The summed E-state index contributed by atoms with van der Waals surface area (Å²) in [6, 6.07) is 72.7. The monoisotopic (exact) mass is 770 g/mol. The number of para-hydroxylation sites is 3. The first kappa shape index (κ1) is 34.2. The maximum absolute atomic E-state index is 2.57. The molecule has 0 N–H and O–H groups in total. The van der Waals surface area contributed by atoms with Crippen molar-refractivity contribution in [2.75, 3.05) is 4.90 Å². The van der Waals surface area contributed by atoms with Gasteiger partial charge < -0.3 is 9.47 Å². The molecule has 5 aliphatic rings. The van der Waals surface area contributed by atoms with Gasteiger partial charge in [0.25, 0.3) is 0 Å². The molecule has 0 radical (unpaired) electrons. The molecule has 5 aliphatic carbocycles. The van der Waals surface area contributed by atoms with E-state index in [0.717, 1.165) is 17.5 Å². The fourth-order valence-corrected chi connectivity index (χ4v) is 13.1. The Hall–Kier alpha value is -6.64.